The molecule has 0 radical (unpaired) electrons. The van der Waals surface area contributed by atoms with Crippen LogP contribution in [0, 0.1) is 0 Å². The molecular weight excluding hydrogens is 340 g/mol. The van der Waals surface area contributed by atoms with Gasteiger partial charge in [0.1, 0.15) is 12.4 Å². The Morgan fingerprint density at radius 2 is 1.78 bits per heavy atom. The van der Waals surface area contributed by atoms with Crippen LogP contribution in [0.25, 0.3) is 10.8 Å². The van der Waals surface area contributed by atoms with Crippen molar-refractivity contribution in [2.45, 2.75) is 6.92 Å². The molecule has 0 aromatic heterocycles. The highest BCUT2D eigenvalue weighted by molar-refractivity contribution is 5.98. The van der Waals surface area contributed by atoms with Gasteiger partial charge >= 0.3 is 0 Å². The summed E-state index contributed by atoms with van der Waals surface area (Å²) < 4.78 is 10.9. The maximum Gasteiger partial charge on any atom is 0.243 e. The second kappa shape index (κ2) is 9.59. The van der Waals surface area contributed by atoms with Crippen molar-refractivity contribution in [1.29, 1.82) is 0 Å². The predicted octanol–water partition coefficient (Wildman–Crippen LogP) is 4.31. The van der Waals surface area contributed by atoms with Gasteiger partial charge in [0.15, 0.2) is 0 Å². The van der Waals surface area contributed by atoms with E-state index in [1.807, 2.05) is 61.5 Å². The van der Waals surface area contributed by atoms with Crippen LogP contribution in [-0.4, -0.2) is 32.3 Å². The zero-order valence-electron chi connectivity index (χ0n) is 15.4. The molecule has 0 aliphatic heterocycles. The van der Waals surface area contributed by atoms with Crippen molar-refractivity contribution in [3.8, 4) is 5.75 Å². The first-order valence-electron chi connectivity index (χ1n) is 9.08. The Balaban J connectivity index is 1.54. The quantitative estimate of drug-likeness (QED) is 0.556. The SMILES string of the molecule is CCOCCOc1cccc(NC(=O)CNc2cccc3ccccc23)c1. The van der Waals surface area contributed by atoms with Crippen molar-refractivity contribution >= 4 is 28.1 Å². The first-order valence-corrected chi connectivity index (χ1v) is 9.08. The summed E-state index contributed by atoms with van der Waals surface area (Å²) in [4.78, 5) is 12.3. The maximum absolute atomic E-state index is 12.3. The molecule has 140 valence electrons. The molecular formula is C22H24N2O3. The fraction of sp³-hybridized carbons (Fsp3) is 0.227. The highest BCUT2D eigenvalue weighted by Crippen LogP contribution is 2.23. The number of ether oxygens (including phenoxy) is 2. The maximum atomic E-state index is 12.3. The number of benzene rings is 3. The van der Waals surface area contributed by atoms with E-state index in [0.717, 1.165) is 16.5 Å². The Bertz CT molecular complexity index is 890. The Hall–Kier alpha value is -3.05. The van der Waals surface area contributed by atoms with E-state index in [-0.39, 0.29) is 12.5 Å². The Morgan fingerprint density at radius 3 is 2.67 bits per heavy atom. The second-order valence-electron chi connectivity index (χ2n) is 6.00. The number of carbonyl (C=O) groups is 1. The third kappa shape index (κ3) is 5.46. The van der Waals surface area contributed by atoms with E-state index in [4.69, 9.17) is 9.47 Å². The van der Waals surface area contributed by atoms with Gasteiger partial charge in [-0.2, -0.15) is 0 Å². The fourth-order valence-corrected chi connectivity index (χ4v) is 2.79. The third-order valence-electron chi connectivity index (χ3n) is 4.05. The van der Waals surface area contributed by atoms with Crippen molar-refractivity contribution in [1.82, 2.24) is 0 Å². The lowest BCUT2D eigenvalue weighted by Crippen LogP contribution is -2.21. The van der Waals surface area contributed by atoms with Crippen LogP contribution in [0.4, 0.5) is 11.4 Å². The molecule has 5 heteroatoms. The van der Waals surface area contributed by atoms with Gasteiger partial charge < -0.3 is 20.1 Å². The van der Waals surface area contributed by atoms with Gasteiger partial charge in [-0.15, -0.1) is 0 Å². The van der Waals surface area contributed by atoms with E-state index in [1.54, 1.807) is 0 Å². The molecule has 5 nitrogen and oxygen atoms in total. The highest BCUT2D eigenvalue weighted by atomic mass is 16.5. The molecule has 0 aliphatic rings. The van der Waals surface area contributed by atoms with Gasteiger partial charge in [-0.3, -0.25) is 4.79 Å². The average Bonchev–Trinajstić information content (AvgIpc) is 2.70. The molecule has 3 aromatic rings. The number of nitrogens with one attached hydrogen (secondary N) is 2. The first kappa shape index (κ1) is 18.7. The lowest BCUT2D eigenvalue weighted by Gasteiger charge is -2.11. The standard InChI is InChI=1S/C22H24N2O3/c1-2-26-13-14-27-19-10-6-9-18(15-19)24-22(25)16-23-21-12-5-8-17-7-3-4-11-20(17)21/h3-12,15,23H,2,13-14,16H2,1H3,(H,24,25). The first-order chi connectivity index (χ1) is 13.3. The molecule has 2 N–H and O–H groups in total. The van der Waals surface area contributed by atoms with Gasteiger partial charge in [0.25, 0.3) is 0 Å². The summed E-state index contributed by atoms with van der Waals surface area (Å²) in [6.07, 6.45) is 0. The molecule has 0 fully saturated rings. The second-order valence-corrected chi connectivity index (χ2v) is 6.00. The van der Waals surface area contributed by atoms with Crippen LogP contribution in [0.3, 0.4) is 0 Å². The van der Waals surface area contributed by atoms with E-state index in [9.17, 15) is 4.79 Å². The minimum Gasteiger partial charge on any atom is -0.491 e. The van der Waals surface area contributed by atoms with Gasteiger partial charge in [0, 0.05) is 29.4 Å². The van der Waals surface area contributed by atoms with Crippen LogP contribution < -0.4 is 15.4 Å². The lowest BCUT2D eigenvalue weighted by atomic mass is 10.1. The lowest BCUT2D eigenvalue weighted by molar-refractivity contribution is -0.114. The van der Waals surface area contributed by atoms with E-state index < -0.39 is 0 Å². The fourth-order valence-electron chi connectivity index (χ4n) is 2.79. The average molecular weight is 364 g/mol. The zero-order valence-corrected chi connectivity index (χ0v) is 15.4. The summed E-state index contributed by atoms with van der Waals surface area (Å²) in [5.74, 6) is 0.587. The van der Waals surface area contributed by atoms with Crippen molar-refractivity contribution in [2.24, 2.45) is 0 Å². The van der Waals surface area contributed by atoms with E-state index in [1.165, 1.54) is 0 Å². The van der Waals surface area contributed by atoms with Gasteiger partial charge in [-0.25, -0.2) is 0 Å². The summed E-state index contributed by atoms with van der Waals surface area (Å²) in [6.45, 7) is 3.82. The number of fused-ring (bicyclic) bond motifs is 1. The van der Waals surface area contributed by atoms with Crippen molar-refractivity contribution in [3.05, 3.63) is 66.7 Å². The minimum atomic E-state index is -0.116. The number of carbonyl (C=O) groups excluding carboxylic acids is 1. The Morgan fingerprint density at radius 1 is 0.963 bits per heavy atom. The normalized spacial score (nSPS) is 10.6. The molecule has 3 rings (SSSR count). The number of hydrogen-bond acceptors (Lipinski definition) is 4. The summed E-state index contributed by atoms with van der Waals surface area (Å²) >= 11 is 0. The number of rotatable bonds is 9. The molecule has 0 unspecified atom stereocenters. The molecule has 1 amide bonds. The largest absolute Gasteiger partial charge is 0.491 e. The van der Waals surface area contributed by atoms with Crippen LogP contribution in [-0.2, 0) is 9.53 Å². The predicted molar refractivity (Wildman–Crippen MR) is 109 cm³/mol. The molecule has 0 bridgehead atoms. The smallest absolute Gasteiger partial charge is 0.243 e. The summed E-state index contributed by atoms with van der Waals surface area (Å²) in [6, 6.07) is 21.4. The van der Waals surface area contributed by atoms with Crippen LogP contribution >= 0.6 is 0 Å². The molecule has 3 aromatic carbocycles. The zero-order chi connectivity index (χ0) is 18.9. The van der Waals surface area contributed by atoms with Gasteiger partial charge in [-0.1, -0.05) is 42.5 Å². The molecule has 0 saturated heterocycles. The van der Waals surface area contributed by atoms with Gasteiger partial charge in [0.05, 0.1) is 13.2 Å². The van der Waals surface area contributed by atoms with Crippen molar-refractivity contribution < 1.29 is 14.3 Å². The monoisotopic (exact) mass is 364 g/mol. The summed E-state index contributed by atoms with van der Waals surface area (Å²) in [7, 11) is 0. The summed E-state index contributed by atoms with van der Waals surface area (Å²) in [5.41, 5.74) is 1.64. The number of amides is 1. The highest BCUT2D eigenvalue weighted by Gasteiger charge is 2.05. The van der Waals surface area contributed by atoms with E-state index in [2.05, 4.69) is 22.8 Å². The molecule has 27 heavy (non-hydrogen) atoms. The van der Waals surface area contributed by atoms with E-state index >= 15 is 0 Å². The molecule has 0 heterocycles. The van der Waals surface area contributed by atoms with E-state index in [0.29, 0.717) is 31.3 Å². The summed E-state index contributed by atoms with van der Waals surface area (Å²) in [5, 5.41) is 8.33. The van der Waals surface area contributed by atoms with Crippen LogP contribution in [0.15, 0.2) is 66.7 Å². The Kier molecular flexibility index (Phi) is 6.66. The molecule has 0 spiro atoms. The Labute approximate surface area is 159 Å². The van der Waals surface area contributed by atoms with Crippen molar-refractivity contribution in [3.63, 3.8) is 0 Å². The van der Waals surface area contributed by atoms with Crippen molar-refractivity contribution in [2.75, 3.05) is 37.0 Å². The van der Waals surface area contributed by atoms with Gasteiger partial charge in [-0.05, 0) is 30.5 Å². The molecule has 0 atom stereocenters. The minimum absolute atomic E-state index is 0.116. The topological polar surface area (TPSA) is 59.6 Å². The van der Waals surface area contributed by atoms with Crippen LogP contribution in [0.2, 0.25) is 0 Å². The van der Waals surface area contributed by atoms with Crippen LogP contribution in [0.5, 0.6) is 5.75 Å². The van der Waals surface area contributed by atoms with Gasteiger partial charge in [0.2, 0.25) is 5.91 Å². The third-order valence-corrected chi connectivity index (χ3v) is 4.05. The number of hydrogen-bond donors (Lipinski definition) is 2. The number of anilines is 2. The molecule has 0 saturated carbocycles. The van der Waals surface area contributed by atoms with Crippen LogP contribution in [0.1, 0.15) is 6.92 Å². The molecule has 0 aliphatic carbocycles.